The number of hydrogen-bond donors (Lipinski definition) is 2. The molecular weight excluding hydrogens is 406 g/mol. The van der Waals surface area contributed by atoms with Gasteiger partial charge in [-0.25, -0.2) is 0 Å². The minimum atomic E-state index is -0.669. The second-order valence-corrected chi connectivity index (χ2v) is 8.19. The summed E-state index contributed by atoms with van der Waals surface area (Å²) in [7, 11) is 0. The molecule has 0 radical (unpaired) electrons. The van der Waals surface area contributed by atoms with Crippen LogP contribution < -0.4 is 20.3 Å². The van der Waals surface area contributed by atoms with Crippen LogP contribution in [0, 0.1) is 5.92 Å². The summed E-state index contributed by atoms with van der Waals surface area (Å²) in [5.74, 6) is 0.178. The third-order valence-corrected chi connectivity index (χ3v) is 5.43. The van der Waals surface area contributed by atoms with Gasteiger partial charge in [0.15, 0.2) is 0 Å². The van der Waals surface area contributed by atoms with E-state index in [0.717, 1.165) is 24.2 Å². The zero-order valence-electron chi connectivity index (χ0n) is 18.9. The third kappa shape index (κ3) is 5.87. The van der Waals surface area contributed by atoms with Gasteiger partial charge in [-0.3, -0.25) is 14.4 Å². The lowest BCUT2D eigenvalue weighted by Gasteiger charge is -2.22. The summed E-state index contributed by atoms with van der Waals surface area (Å²) in [5, 5.41) is 5.75. The number of hydrogen-bond acceptors (Lipinski definition) is 4. The number of carbonyl (C=O) groups is 3. The molecule has 7 nitrogen and oxygen atoms in total. The maximum absolute atomic E-state index is 12.8. The fourth-order valence-corrected chi connectivity index (χ4v) is 3.68. The van der Waals surface area contributed by atoms with Crippen LogP contribution in [0.2, 0.25) is 0 Å². The molecule has 1 aliphatic rings. The summed E-state index contributed by atoms with van der Waals surface area (Å²) in [6.07, 6.45) is 1.44. The zero-order chi connectivity index (χ0) is 23.1. The smallest absolute Gasteiger partial charge is 0.251 e. The van der Waals surface area contributed by atoms with Crippen LogP contribution in [0.5, 0.6) is 5.75 Å². The van der Waals surface area contributed by atoms with Crippen LogP contribution in [0.3, 0.4) is 0 Å². The molecule has 32 heavy (non-hydrogen) atoms. The normalized spacial score (nSPS) is 14.4. The first-order valence-corrected chi connectivity index (χ1v) is 11.1. The molecule has 1 unspecified atom stereocenters. The van der Waals surface area contributed by atoms with Crippen LogP contribution in [0.1, 0.15) is 49.5 Å². The van der Waals surface area contributed by atoms with E-state index < -0.39 is 6.04 Å². The number of nitrogens with one attached hydrogen (secondary N) is 2. The summed E-state index contributed by atoms with van der Waals surface area (Å²) >= 11 is 0. The minimum Gasteiger partial charge on any atom is -0.494 e. The summed E-state index contributed by atoms with van der Waals surface area (Å²) in [5.41, 5.74) is 2.22. The van der Waals surface area contributed by atoms with Crippen molar-refractivity contribution < 1.29 is 19.1 Å². The maximum Gasteiger partial charge on any atom is 0.251 e. The average Bonchev–Trinajstić information content (AvgIpc) is 3.22. The maximum atomic E-state index is 12.8. The Kier molecular flexibility index (Phi) is 7.87. The first kappa shape index (κ1) is 23.3. The van der Waals surface area contributed by atoms with Crippen LogP contribution in [0.15, 0.2) is 48.5 Å². The predicted molar refractivity (Wildman–Crippen MR) is 124 cm³/mol. The number of amides is 3. The lowest BCUT2D eigenvalue weighted by molar-refractivity contribution is -0.124. The Balaban J connectivity index is 1.60. The van der Waals surface area contributed by atoms with Gasteiger partial charge in [-0.15, -0.1) is 0 Å². The van der Waals surface area contributed by atoms with Gasteiger partial charge in [-0.2, -0.15) is 0 Å². The number of anilines is 1. The largest absolute Gasteiger partial charge is 0.494 e. The standard InChI is InChI=1S/C25H31N3O4/c1-4-32-21-12-10-19(11-13-21)24(30)27-23(17(2)3)25(31)26-16-18-7-5-8-20(15-18)28-14-6-9-22(28)29/h5,7-8,10-13,15,17,23H,4,6,9,14,16H2,1-3H3,(H,26,31)(H,27,30). The van der Waals surface area contributed by atoms with E-state index >= 15 is 0 Å². The fraction of sp³-hybridized carbons (Fsp3) is 0.400. The summed E-state index contributed by atoms with van der Waals surface area (Å²) in [6.45, 7) is 7.27. The van der Waals surface area contributed by atoms with Gasteiger partial charge >= 0.3 is 0 Å². The molecule has 170 valence electrons. The topological polar surface area (TPSA) is 87.7 Å². The molecule has 3 rings (SSSR count). The van der Waals surface area contributed by atoms with E-state index in [1.54, 1.807) is 29.2 Å². The minimum absolute atomic E-state index is 0.0878. The SMILES string of the molecule is CCOc1ccc(C(=O)NC(C(=O)NCc2cccc(N3CCCC3=O)c2)C(C)C)cc1. The van der Waals surface area contributed by atoms with E-state index in [1.807, 2.05) is 45.0 Å². The highest BCUT2D eigenvalue weighted by atomic mass is 16.5. The van der Waals surface area contributed by atoms with Crippen molar-refractivity contribution in [1.82, 2.24) is 10.6 Å². The first-order valence-electron chi connectivity index (χ1n) is 11.1. The van der Waals surface area contributed by atoms with Crippen molar-refractivity contribution in [3.8, 4) is 5.75 Å². The lowest BCUT2D eigenvalue weighted by atomic mass is 10.0. The van der Waals surface area contributed by atoms with Gasteiger partial charge < -0.3 is 20.3 Å². The monoisotopic (exact) mass is 437 g/mol. The summed E-state index contributed by atoms with van der Waals surface area (Å²) in [4.78, 5) is 39.3. The number of carbonyl (C=O) groups excluding carboxylic acids is 3. The van der Waals surface area contributed by atoms with Crippen molar-refractivity contribution >= 4 is 23.4 Å². The van der Waals surface area contributed by atoms with Crippen LogP contribution in [-0.4, -0.2) is 36.9 Å². The molecule has 2 N–H and O–H groups in total. The van der Waals surface area contributed by atoms with Gasteiger partial charge in [0.05, 0.1) is 6.61 Å². The molecule has 3 amide bonds. The Morgan fingerprint density at radius 1 is 1.12 bits per heavy atom. The number of ether oxygens (including phenoxy) is 1. The van der Waals surface area contributed by atoms with E-state index in [4.69, 9.17) is 4.74 Å². The van der Waals surface area contributed by atoms with Crippen molar-refractivity contribution in [2.75, 3.05) is 18.1 Å². The molecule has 2 aromatic rings. The van der Waals surface area contributed by atoms with Crippen molar-refractivity contribution in [3.05, 3.63) is 59.7 Å². The van der Waals surface area contributed by atoms with Gasteiger partial charge in [-0.05, 0) is 61.2 Å². The van der Waals surface area contributed by atoms with Crippen molar-refractivity contribution in [2.24, 2.45) is 5.92 Å². The molecule has 1 saturated heterocycles. The molecule has 1 atom stereocenters. The fourth-order valence-electron chi connectivity index (χ4n) is 3.68. The molecule has 1 heterocycles. The summed E-state index contributed by atoms with van der Waals surface area (Å²) in [6, 6.07) is 13.8. The molecule has 0 aromatic heterocycles. The molecule has 2 aromatic carbocycles. The van der Waals surface area contributed by atoms with E-state index in [1.165, 1.54) is 0 Å². The highest BCUT2D eigenvalue weighted by molar-refractivity contribution is 5.98. The van der Waals surface area contributed by atoms with E-state index in [-0.39, 0.29) is 23.6 Å². The highest BCUT2D eigenvalue weighted by Gasteiger charge is 2.25. The molecule has 7 heteroatoms. The van der Waals surface area contributed by atoms with Crippen LogP contribution in [-0.2, 0) is 16.1 Å². The molecule has 0 spiro atoms. The second-order valence-electron chi connectivity index (χ2n) is 8.19. The van der Waals surface area contributed by atoms with Gasteiger partial charge in [0, 0.05) is 30.8 Å². The molecule has 0 bridgehead atoms. The van der Waals surface area contributed by atoms with E-state index in [2.05, 4.69) is 10.6 Å². The van der Waals surface area contributed by atoms with Gasteiger partial charge in [-0.1, -0.05) is 26.0 Å². The number of rotatable bonds is 9. The van der Waals surface area contributed by atoms with Crippen molar-refractivity contribution in [1.29, 1.82) is 0 Å². The van der Waals surface area contributed by atoms with Crippen LogP contribution in [0.25, 0.3) is 0 Å². The molecule has 0 saturated carbocycles. The Morgan fingerprint density at radius 3 is 2.50 bits per heavy atom. The molecular formula is C25H31N3O4. The van der Waals surface area contributed by atoms with Gasteiger partial charge in [0.2, 0.25) is 11.8 Å². The molecule has 0 aliphatic carbocycles. The number of nitrogens with zero attached hydrogens (tertiary/aromatic N) is 1. The van der Waals surface area contributed by atoms with E-state index in [9.17, 15) is 14.4 Å². The van der Waals surface area contributed by atoms with E-state index in [0.29, 0.717) is 30.9 Å². The van der Waals surface area contributed by atoms with Crippen LogP contribution in [0.4, 0.5) is 5.69 Å². The molecule has 1 aliphatic heterocycles. The predicted octanol–water partition coefficient (Wildman–Crippen LogP) is 3.28. The Bertz CT molecular complexity index is 956. The zero-order valence-corrected chi connectivity index (χ0v) is 18.9. The quantitative estimate of drug-likeness (QED) is 0.630. The Hall–Kier alpha value is -3.35. The molecule has 1 fully saturated rings. The lowest BCUT2D eigenvalue weighted by Crippen LogP contribution is -2.49. The van der Waals surface area contributed by atoms with Crippen molar-refractivity contribution in [3.63, 3.8) is 0 Å². The highest BCUT2D eigenvalue weighted by Crippen LogP contribution is 2.22. The van der Waals surface area contributed by atoms with Gasteiger partial charge in [0.1, 0.15) is 11.8 Å². The third-order valence-electron chi connectivity index (χ3n) is 5.43. The number of benzene rings is 2. The Labute approximate surface area is 189 Å². The Morgan fingerprint density at radius 2 is 1.88 bits per heavy atom. The van der Waals surface area contributed by atoms with Gasteiger partial charge in [0.25, 0.3) is 5.91 Å². The second kappa shape index (κ2) is 10.8. The first-order chi connectivity index (χ1) is 15.4. The average molecular weight is 438 g/mol. The summed E-state index contributed by atoms with van der Waals surface area (Å²) < 4.78 is 5.40. The van der Waals surface area contributed by atoms with Crippen molar-refractivity contribution in [2.45, 2.75) is 46.2 Å². The van der Waals surface area contributed by atoms with Crippen LogP contribution >= 0.6 is 0 Å².